The topological polar surface area (TPSA) is 107 Å². The monoisotopic (exact) mass is 786 g/mol. The van der Waals surface area contributed by atoms with Crippen molar-refractivity contribution < 1.29 is 36.6 Å². The molecule has 2 aromatic heterocycles. The van der Waals surface area contributed by atoms with Crippen LogP contribution in [0.5, 0.6) is 11.5 Å². The first kappa shape index (κ1) is 36.2. The number of anilines is 1. The highest BCUT2D eigenvalue weighted by Gasteiger charge is 2.42. The van der Waals surface area contributed by atoms with E-state index in [1.165, 1.54) is 12.1 Å². The predicted molar refractivity (Wildman–Crippen MR) is 202 cm³/mol. The van der Waals surface area contributed by atoms with Gasteiger partial charge in [0.05, 0.1) is 41.3 Å². The quantitative estimate of drug-likeness (QED) is 0.148. The minimum absolute atomic E-state index is 0.0547. The summed E-state index contributed by atoms with van der Waals surface area (Å²) in [6.45, 7) is 6.55. The summed E-state index contributed by atoms with van der Waals surface area (Å²) in [5, 5.41) is 8.82. The summed E-state index contributed by atoms with van der Waals surface area (Å²) >= 11 is 5.99. The number of hydrogen-bond acceptors (Lipinski definition) is 7. The van der Waals surface area contributed by atoms with Crippen molar-refractivity contribution in [2.45, 2.75) is 57.8 Å². The summed E-state index contributed by atoms with van der Waals surface area (Å²) in [6, 6.07) is 18.2. The zero-order valence-corrected chi connectivity index (χ0v) is 31.0. The number of carbonyl (C=O) groups is 1. The molecule has 0 saturated carbocycles. The SMILES string of the molecule is Cc1cc(NC(=O)c2ccc3c(c2)nc(CN2CC=C(c4cccc5c4OC(C)(c4ccc(Cl)cc4F)O5)CC2)n3CC2CCO2)cc2c(C(F)(F)F)[nH]nc12. The Balaban J connectivity index is 0.941. The van der Waals surface area contributed by atoms with Crippen LogP contribution in [0, 0.1) is 12.7 Å². The van der Waals surface area contributed by atoms with E-state index in [1.807, 2.05) is 24.3 Å². The molecule has 1 amide bonds. The van der Waals surface area contributed by atoms with Gasteiger partial charge >= 0.3 is 6.18 Å². The molecule has 0 radical (unpaired) electrons. The average molecular weight is 787 g/mol. The highest BCUT2D eigenvalue weighted by molar-refractivity contribution is 6.30. The number of benzene rings is 4. The van der Waals surface area contributed by atoms with Crippen molar-refractivity contribution in [3.8, 4) is 11.5 Å². The maximum atomic E-state index is 14.9. The number of nitrogens with one attached hydrogen (secondary N) is 2. The van der Waals surface area contributed by atoms with Crippen LogP contribution in [0.4, 0.5) is 23.2 Å². The average Bonchev–Trinajstić information content (AvgIpc) is 3.83. The lowest BCUT2D eigenvalue weighted by atomic mass is 9.98. The van der Waals surface area contributed by atoms with Crippen molar-refractivity contribution in [2.75, 3.05) is 25.0 Å². The van der Waals surface area contributed by atoms with Gasteiger partial charge in [-0.05, 0) is 85.5 Å². The number of alkyl halides is 3. The molecule has 3 aliphatic heterocycles. The normalized spacial score (nSPS) is 19.7. The van der Waals surface area contributed by atoms with Gasteiger partial charge in [0.2, 0.25) is 0 Å². The molecular formula is C41H35ClF4N6O4. The van der Waals surface area contributed by atoms with E-state index in [0.717, 1.165) is 41.9 Å². The van der Waals surface area contributed by atoms with Crippen LogP contribution in [0.2, 0.25) is 5.02 Å². The Hall–Kier alpha value is -5.44. The van der Waals surface area contributed by atoms with E-state index >= 15 is 0 Å². The van der Waals surface area contributed by atoms with Crippen LogP contribution in [0.1, 0.15) is 58.3 Å². The van der Waals surface area contributed by atoms with Gasteiger partial charge in [0.1, 0.15) is 17.3 Å². The third-order valence-corrected chi connectivity index (χ3v) is 10.9. The van der Waals surface area contributed by atoms with Crippen LogP contribution in [0.3, 0.4) is 0 Å². The molecule has 1 fully saturated rings. The number of aromatic amines is 1. The van der Waals surface area contributed by atoms with Crippen molar-refractivity contribution >= 4 is 50.7 Å². The molecule has 0 spiro atoms. The molecule has 56 heavy (non-hydrogen) atoms. The summed E-state index contributed by atoms with van der Waals surface area (Å²) < 4.78 is 76.2. The van der Waals surface area contributed by atoms with Crippen molar-refractivity contribution in [3.63, 3.8) is 0 Å². The van der Waals surface area contributed by atoms with E-state index in [-0.39, 0.29) is 33.3 Å². The van der Waals surface area contributed by atoms with E-state index < -0.39 is 29.4 Å². The number of imidazole rings is 1. The van der Waals surface area contributed by atoms with Gasteiger partial charge in [0.15, 0.2) is 11.5 Å². The second-order valence-electron chi connectivity index (χ2n) is 14.5. The molecule has 9 rings (SSSR count). The number of H-pyrrole nitrogens is 1. The van der Waals surface area contributed by atoms with Crippen LogP contribution in [-0.2, 0) is 29.8 Å². The van der Waals surface area contributed by atoms with Gasteiger partial charge in [-0.2, -0.15) is 18.3 Å². The van der Waals surface area contributed by atoms with Crippen LogP contribution >= 0.6 is 11.6 Å². The third-order valence-electron chi connectivity index (χ3n) is 10.7. The highest BCUT2D eigenvalue weighted by Crippen LogP contribution is 2.49. The lowest BCUT2D eigenvalue weighted by Crippen LogP contribution is -2.33. The van der Waals surface area contributed by atoms with Gasteiger partial charge in [-0.3, -0.25) is 14.8 Å². The molecule has 2 atom stereocenters. The second kappa shape index (κ2) is 13.6. The molecule has 6 aromatic rings. The zero-order chi connectivity index (χ0) is 38.9. The standard InChI is InChI=1S/C41H35ClF4N6O4/c1-22-16-26(19-29-36(22)49-50-38(29)41(44,45)46)47-39(53)24-6-9-33-32(17-24)48-35(52(33)20-27-12-15-54-27)21-51-13-10-23(11-14-51)28-4-3-5-34-37(28)56-40(2,55-34)30-8-7-25(42)18-31(30)43/h3-10,16-19,27H,11-15,20-21H2,1-2H3,(H,47,53)(H,49,50). The smallest absolute Gasteiger partial charge is 0.433 e. The molecule has 15 heteroatoms. The van der Waals surface area contributed by atoms with Gasteiger partial charge < -0.3 is 24.1 Å². The predicted octanol–water partition coefficient (Wildman–Crippen LogP) is 9.01. The Morgan fingerprint density at radius 1 is 1.11 bits per heavy atom. The van der Waals surface area contributed by atoms with E-state index in [2.05, 4.69) is 31.1 Å². The molecule has 1 saturated heterocycles. The molecule has 0 aliphatic carbocycles. The minimum Gasteiger partial charge on any atom is -0.444 e. The number of fused-ring (bicyclic) bond motifs is 3. The summed E-state index contributed by atoms with van der Waals surface area (Å²) in [6.07, 6.45) is -0.760. The molecule has 288 valence electrons. The van der Waals surface area contributed by atoms with Crippen LogP contribution in [0.25, 0.3) is 27.5 Å². The first-order valence-corrected chi connectivity index (χ1v) is 18.6. The van der Waals surface area contributed by atoms with Crippen molar-refractivity contribution in [1.82, 2.24) is 24.6 Å². The first-order valence-electron chi connectivity index (χ1n) is 18.2. The maximum Gasteiger partial charge on any atom is 0.433 e. The lowest BCUT2D eigenvalue weighted by molar-refractivity contribution is -0.139. The van der Waals surface area contributed by atoms with E-state index in [9.17, 15) is 22.4 Å². The molecule has 2 unspecified atom stereocenters. The van der Waals surface area contributed by atoms with E-state index in [4.69, 9.17) is 30.8 Å². The largest absolute Gasteiger partial charge is 0.444 e. The lowest BCUT2D eigenvalue weighted by Gasteiger charge is -2.29. The van der Waals surface area contributed by atoms with Crippen LogP contribution < -0.4 is 14.8 Å². The summed E-state index contributed by atoms with van der Waals surface area (Å²) in [7, 11) is 0. The summed E-state index contributed by atoms with van der Waals surface area (Å²) in [4.78, 5) is 20.7. The van der Waals surface area contributed by atoms with Gasteiger partial charge in [-0.25, -0.2) is 9.37 Å². The number of carbonyl (C=O) groups excluding carboxylic acids is 1. The fraction of sp³-hybridized carbons (Fsp3) is 0.293. The number of ether oxygens (including phenoxy) is 3. The summed E-state index contributed by atoms with van der Waals surface area (Å²) in [5.41, 5.74) is 3.96. The van der Waals surface area contributed by atoms with E-state index in [1.54, 1.807) is 44.2 Å². The number of nitrogens with zero attached hydrogens (tertiary/aromatic N) is 4. The minimum atomic E-state index is -4.63. The van der Waals surface area contributed by atoms with Gasteiger partial charge in [-0.1, -0.05) is 29.8 Å². The van der Waals surface area contributed by atoms with Crippen LogP contribution in [0.15, 0.2) is 72.8 Å². The maximum absolute atomic E-state index is 14.9. The second-order valence-corrected chi connectivity index (χ2v) is 14.9. The Labute approximate surface area is 323 Å². The Morgan fingerprint density at radius 2 is 1.95 bits per heavy atom. The highest BCUT2D eigenvalue weighted by atomic mass is 35.5. The number of rotatable bonds is 8. The summed E-state index contributed by atoms with van der Waals surface area (Å²) in [5.74, 6) is -0.423. The molecule has 2 N–H and O–H groups in total. The molecule has 3 aliphatic rings. The number of amides is 1. The zero-order valence-electron chi connectivity index (χ0n) is 30.3. The molecule has 0 bridgehead atoms. The van der Waals surface area contributed by atoms with Gasteiger partial charge in [0, 0.05) is 53.8 Å². The fourth-order valence-corrected chi connectivity index (χ4v) is 7.87. The molecular weight excluding hydrogens is 752 g/mol. The van der Waals surface area contributed by atoms with Gasteiger partial charge in [0.25, 0.3) is 11.7 Å². The number of para-hydroxylation sites is 1. The first-order chi connectivity index (χ1) is 26.8. The Kier molecular flexibility index (Phi) is 8.82. The van der Waals surface area contributed by atoms with E-state index in [0.29, 0.717) is 54.4 Å². The Morgan fingerprint density at radius 3 is 2.68 bits per heavy atom. The molecule has 4 aromatic carbocycles. The molecule has 5 heterocycles. The molecule has 10 nitrogen and oxygen atoms in total. The number of aryl methyl sites for hydroxylation is 1. The van der Waals surface area contributed by atoms with Crippen LogP contribution in [-0.4, -0.2) is 56.4 Å². The van der Waals surface area contributed by atoms with Gasteiger partial charge in [-0.15, -0.1) is 0 Å². The Bertz CT molecular complexity index is 2580. The third kappa shape index (κ3) is 6.54. The van der Waals surface area contributed by atoms with Crippen molar-refractivity contribution in [2.24, 2.45) is 0 Å². The number of hydrogen-bond donors (Lipinski definition) is 2. The van der Waals surface area contributed by atoms with Crippen molar-refractivity contribution in [1.29, 1.82) is 0 Å². The van der Waals surface area contributed by atoms with Crippen molar-refractivity contribution in [3.05, 3.63) is 117 Å². The number of halogens is 5. The fourth-order valence-electron chi connectivity index (χ4n) is 7.71. The number of aromatic nitrogens is 4.